The minimum Gasteiger partial charge on any atom is -0.100 e. The van der Waals surface area contributed by atoms with E-state index in [1.165, 1.54) is 37.7 Å². The summed E-state index contributed by atoms with van der Waals surface area (Å²) < 4.78 is 0. The molecule has 0 aromatic carbocycles. The van der Waals surface area contributed by atoms with Crippen LogP contribution in [0.2, 0.25) is 0 Å². The van der Waals surface area contributed by atoms with Gasteiger partial charge >= 0.3 is 0 Å². The fourth-order valence-corrected chi connectivity index (χ4v) is 3.50. The third-order valence-electron chi connectivity index (χ3n) is 4.47. The van der Waals surface area contributed by atoms with Crippen LogP contribution in [0.25, 0.3) is 0 Å². The van der Waals surface area contributed by atoms with Gasteiger partial charge in [-0.2, -0.15) is 0 Å². The van der Waals surface area contributed by atoms with Crippen LogP contribution < -0.4 is 0 Å². The Labute approximate surface area is 128 Å². The third kappa shape index (κ3) is 8.61. The van der Waals surface area contributed by atoms with Crippen molar-refractivity contribution in [3.63, 3.8) is 0 Å². The molecule has 0 amide bonds. The van der Waals surface area contributed by atoms with Gasteiger partial charge in [0.05, 0.1) is 0 Å². The number of unbranched alkanes of at least 4 members (excludes halogenated alkanes) is 2. The van der Waals surface area contributed by atoms with E-state index >= 15 is 0 Å². The molecule has 118 valence electrons. The highest BCUT2D eigenvalue weighted by Gasteiger charge is 2.22. The zero-order chi connectivity index (χ0) is 15.5. The van der Waals surface area contributed by atoms with E-state index in [-0.39, 0.29) is 0 Å². The lowest BCUT2D eigenvalue weighted by Gasteiger charge is -2.29. The van der Waals surface area contributed by atoms with Crippen LogP contribution >= 0.6 is 0 Å². The van der Waals surface area contributed by atoms with E-state index in [1.54, 1.807) is 0 Å². The lowest BCUT2D eigenvalue weighted by molar-refractivity contribution is 0.260. The van der Waals surface area contributed by atoms with Crippen molar-refractivity contribution >= 4 is 0 Å². The molecule has 0 aliphatic carbocycles. The highest BCUT2D eigenvalue weighted by atomic mass is 14.3. The maximum atomic E-state index is 4.08. The zero-order valence-electron chi connectivity index (χ0n) is 14.9. The minimum absolute atomic E-state index is 0.699. The Morgan fingerprint density at radius 1 is 1.10 bits per heavy atom. The summed E-state index contributed by atoms with van der Waals surface area (Å²) in [6.45, 7) is 17.9. The zero-order valence-corrected chi connectivity index (χ0v) is 14.9. The number of allylic oxidation sites excluding steroid dienone is 3. The van der Waals surface area contributed by atoms with Crippen LogP contribution in [0.1, 0.15) is 80.1 Å². The van der Waals surface area contributed by atoms with Crippen LogP contribution in [0, 0.1) is 23.7 Å². The van der Waals surface area contributed by atoms with Gasteiger partial charge in [-0.3, -0.25) is 0 Å². The van der Waals surface area contributed by atoms with Gasteiger partial charge in [0.1, 0.15) is 0 Å². The first kappa shape index (κ1) is 19.5. The molecular weight excluding hydrogens is 240 g/mol. The summed E-state index contributed by atoms with van der Waals surface area (Å²) >= 11 is 0. The van der Waals surface area contributed by atoms with Gasteiger partial charge in [-0.25, -0.2) is 0 Å². The smallest absolute Gasteiger partial charge is 0.0179 e. The Kier molecular flexibility index (Phi) is 10.9. The predicted octanol–water partition coefficient (Wildman–Crippen LogP) is 7.02. The Bertz CT molecular complexity index is 274. The first-order valence-electron chi connectivity index (χ1n) is 8.69. The molecule has 0 aliphatic heterocycles. The molecule has 4 unspecified atom stereocenters. The van der Waals surface area contributed by atoms with Crippen molar-refractivity contribution in [3.05, 3.63) is 24.3 Å². The molecule has 0 aromatic rings. The summed E-state index contributed by atoms with van der Waals surface area (Å²) in [5.74, 6) is 3.05. The van der Waals surface area contributed by atoms with Crippen molar-refractivity contribution in [1.82, 2.24) is 0 Å². The van der Waals surface area contributed by atoms with Crippen molar-refractivity contribution in [2.45, 2.75) is 80.1 Å². The average molecular weight is 279 g/mol. The number of rotatable bonds is 11. The maximum absolute atomic E-state index is 4.08. The van der Waals surface area contributed by atoms with E-state index < -0.39 is 0 Å². The molecule has 0 heterocycles. The molecule has 0 heteroatoms. The standard InChI is InChI=1S/C20H38/c1-8-10-11-13-17(5)15-19(7)20(12-9-2)18(6)14-16(3)4/h9,12,17-20H,3,8,10-11,13-15H2,1-2,4-7H3. The van der Waals surface area contributed by atoms with E-state index in [0.717, 1.165) is 18.3 Å². The van der Waals surface area contributed by atoms with E-state index in [4.69, 9.17) is 0 Å². The molecule has 0 fully saturated rings. The molecule has 0 spiro atoms. The van der Waals surface area contributed by atoms with Gasteiger partial charge in [0.2, 0.25) is 0 Å². The van der Waals surface area contributed by atoms with Crippen LogP contribution in [0.5, 0.6) is 0 Å². The lowest BCUT2D eigenvalue weighted by Crippen LogP contribution is -2.20. The van der Waals surface area contributed by atoms with Crippen molar-refractivity contribution in [3.8, 4) is 0 Å². The van der Waals surface area contributed by atoms with Gasteiger partial charge in [0, 0.05) is 0 Å². The number of hydrogen-bond acceptors (Lipinski definition) is 0. The highest BCUT2D eigenvalue weighted by Crippen LogP contribution is 2.32. The van der Waals surface area contributed by atoms with Crippen LogP contribution in [0.3, 0.4) is 0 Å². The molecule has 0 aliphatic rings. The molecule has 0 aromatic heterocycles. The molecule has 0 saturated carbocycles. The van der Waals surface area contributed by atoms with E-state index in [9.17, 15) is 0 Å². The van der Waals surface area contributed by atoms with E-state index in [1.807, 2.05) is 0 Å². The van der Waals surface area contributed by atoms with Crippen molar-refractivity contribution in [2.75, 3.05) is 0 Å². The second-order valence-electron chi connectivity index (χ2n) is 7.06. The molecule has 20 heavy (non-hydrogen) atoms. The molecule has 0 nitrogen and oxygen atoms in total. The summed E-state index contributed by atoms with van der Waals surface area (Å²) in [5.41, 5.74) is 1.31. The summed E-state index contributed by atoms with van der Waals surface area (Å²) in [4.78, 5) is 0. The number of hydrogen-bond donors (Lipinski definition) is 0. The highest BCUT2D eigenvalue weighted by molar-refractivity contribution is 4.97. The summed E-state index contributed by atoms with van der Waals surface area (Å²) in [6.07, 6.45) is 12.7. The molecule has 0 radical (unpaired) electrons. The van der Waals surface area contributed by atoms with Gasteiger partial charge in [-0.1, -0.05) is 71.1 Å². The lowest BCUT2D eigenvalue weighted by atomic mass is 9.76. The fraction of sp³-hybridized carbons (Fsp3) is 0.800. The van der Waals surface area contributed by atoms with Gasteiger partial charge < -0.3 is 0 Å². The minimum atomic E-state index is 0.699. The van der Waals surface area contributed by atoms with E-state index in [2.05, 4.69) is 60.3 Å². The molecule has 0 bridgehead atoms. The maximum Gasteiger partial charge on any atom is -0.0179 e. The summed E-state index contributed by atoms with van der Waals surface area (Å²) in [7, 11) is 0. The first-order valence-corrected chi connectivity index (χ1v) is 8.69. The molecule has 0 rings (SSSR count). The summed E-state index contributed by atoms with van der Waals surface area (Å²) in [5, 5.41) is 0. The Morgan fingerprint density at radius 2 is 1.75 bits per heavy atom. The second kappa shape index (κ2) is 11.2. The first-order chi connectivity index (χ1) is 9.42. The average Bonchev–Trinajstić information content (AvgIpc) is 2.34. The van der Waals surface area contributed by atoms with Crippen molar-refractivity contribution in [2.24, 2.45) is 23.7 Å². The Balaban J connectivity index is 4.40. The van der Waals surface area contributed by atoms with Crippen LogP contribution in [-0.4, -0.2) is 0 Å². The Hall–Kier alpha value is -0.520. The third-order valence-corrected chi connectivity index (χ3v) is 4.47. The molecule has 4 atom stereocenters. The predicted molar refractivity (Wildman–Crippen MR) is 94.0 cm³/mol. The molecular formula is C20H38. The molecule has 0 saturated heterocycles. The van der Waals surface area contributed by atoms with Gasteiger partial charge in [0.15, 0.2) is 0 Å². The fourth-order valence-electron chi connectivity index (χ4n) is 3.50. The SMILES string of the molecule is C=C(C)CC(C)C(C=CC)C(C)CC(C)CCCCC. The van der Waals surface area contributed by atoms with E-state index in [0.29, 0.717) is 11.8 Å². The normalized spacial score (nSPS) is 17.9. The van der Waals surface area contributed by atoms with Crippen LogP contribution in [-0.2, 0) is 0 Å². The monoisotopic (exact) mass is 278 g/mol. The largest absolute Gasteiger partial charge is 0.100 e. The topological polar surface area (TPSA) is 0 Å². The van der Waals surface area contributed by atoms with Crippen molar-refractivity contribution in [1.29, 1.82) is 0 Å². The van der Waals surface area contributed by atoms with Gasteiger partial charge in [-0.15, -0.1) is 6.58 Å². The molecule has 0 N–H and O–H groups in total. The quantitative estimate of drug-likeness (QED) is 0.281. The summed E-state index contributed by atoms with van der Waals surface area (Å²) in [6, 6.07) is 0. The van der Waals surface area contributed by atoms with Crippen LogP contribution in [0.15, 0.2) is 24.3 Å². The van der Waals surface area contributed by atoms with Crippen molar-refractivity contribution < 1.29 is 0 Å². The Morgan fingerprint density at radius 3 is 2.25 bits per heavy atom. The van der Waals surface area contributed by atoms with Crippen LogP contribution in [0.4, 0.5) is 0 Å². The van der Waals surface area contributed by atoms with Gasteiger partial charge in [-0.05, 0) is 50.4 Å². The second-order valence-corrected chi connectivity index (χ2v) is 7.06. The van der Waals surface area contributed by atoms with Gasteiger partial charge in [0.25, 0.3) is 0 Å².